The van der Waals surface area contributed by atoms with Crippen molar-refractivity contribution in [2.24, 2.45) is 5.92 Å². The van der Waals surface area contributed by atoms with Gasteiger partial charge in [0.05, 0.1) is 24.4 Å². The van der Waals surface area contributed by atoms with Gasteiger partial charge in [0.15, 0.2) is 0 Å². The number of piperidine rings is 1. The Morgan fingerprint density at radius 2 is 1.77 bits per heavy atom. The van der Waals surface area contributed by atoms with Crippen molar-refractivity contribution in [3.63, 3.8) is 0 Å². The largest absolute Gasteiger partial charge is 0.494 e. The van der Waals surface area contributed by atoms with E-state index >= 15 is 0 Å². The second kappa shape index (κ2) is 8.69. The molecule has 0 aliphatic carbocycles. The fraction of sp³-hybridized carbons (Fsp3) is 0.375. The van der Waals surface area contributed by atoms with Gasteiger partial charge in [0.1, 0.15) is 11.4 Å². The van der Waals surface area contributed by atoms with Crippen LogP contribution in [0.3, 0.4) is 0 Å². The molecule has 1 aromatic heterocycles. The summed E-state index contributed by atoms with van der Waals surface area (Å²) in [4.78, 5) is 34.5. The van der Waals surface area contributed by atoms with Crippen molar-refractivity contribution in [2.75, 3.05) is 19.7 Å². The molecule has 2 aromatic rings. The normalized spacial score (nSPS) is 17.8. The molecule has 0 radical (unpaired) electrons. The lowest BCUT2D eigenvalue weighted by atomic mass is 9.97. The number of hydrogen-bond donors (Lipinski definition) is 0. The van der Waals surface area contributed by atoms with Gasteiger partial charge in [0.25, 0.3) is 11.8 Å². The van der Waals surface area contributed by atoms with Crippen molar-refractivity contribution in [2.45, 2.75) is 33.2 Å². The second-order valence-electron chi connectivity index (χ2n) is 7.87. The smallest absolute Gasteiger partial charge is 0.278 e. The van der Waals surface area contributed by atoms with Crippen molar-refractivity contribution in [3.8, 4) is 5.75 Å². The Morgan fingerprint density at radius 3 is 2.40 bits per heavy atom. The minimum atomic E-state index is -0.261. The molecule has 3 heterocycles. The van der Waals surface area contributed by atoms with Crippen LogP contribution in [0.2, 0.25) is 0 Å². The van der Waals surface area contributed by atoms with E-state index in [9.17, 15) is 9.59 Å². The summed E-state index contributed by atoms with van der Waals surface area (Å²) >= 11 is 0. The third kappa shape index (κ3) is 3.95. The highest BCUT2D eigenvalue weighted by Crippen LogP contribution is 2.35. The number of carbonyl (C=O) groups excluding carboxylic acids is 2. The number of rotatable bonds is 6. The fourth-order valence-corrected chi connectivity index (χ4v) is 4.03. The third-order valence-electron chi connectivity index (χ3n) is 5.74. The molecule has 0 N–H and O–H groups in total. The number of likely N-dealkylation sites (tertiary alicyclic amines) is 1. The molecule has 2 aliphatic heterocycles. The SMILES string of the molecule is CCOc1ccc(C2=C(N3CCC(C)CC3)C(=O)N(Cc3ccccn3)C2=O)cc1. The van der Waals surface area contributed by atoms with Crippen LogP contribution in [0, 0.1) is 5.92 Å². The van der Waals surface area contributed by atoms with E-state index in [0.717, 1.165) is 37.2 Å². The number of amides is 2. The molecule has 6 nitrogen and oxygen atoms in total. The number of benzene rings is 1. The van der Waals surface area contributed by atoms with Crippen LogP contribution in [0.15, 0.2) is 54.4 Å². The molecule has 6 heteroatoms. The first-order valence-corrected chi connectivity index (χ1v) is 10.6. The van der Waals surface area contributed by atoms with E-state index in [4.69, 9.17) is 4.74 Å². The Hall–Kier alpha value is -3.15. The van der Waals surface area contributed by atoms with Gasteiger partial charge in [-0.15, -0.1) is 0 Å². The van der Waals surface area contributed by atoms with Crippen LogP contribution in [0.25, 0.3) is 5.57 Å². The summed E-state index contributed by atoms with van der Waals surface area (Å²) in [6.07, 6.45) is 3.71. The maximum atomic E-state index is 13.4. The number of aromatic nitrogens is 1. The van der Waals surface area contributed by atoms with Crippen LogP contribution in [-0.4, -0.2) is 46.3 Å². The highest BCUT2D eigenvalue weighted by Gasteiger charge is 2.42. The molecule has 156 valence electrons. The van der Waals surface area contributed by atoms with Gasteiger partial charge in [0, 0.05) is 19.3 Å². The molecule has 2 aliphatic rings. The van der Waals surface area contributed by atoms with Gasteiger partial charge in [0.2, 0.25) is 0 Å². The molecule has 2 amide bonds. The van der Waals surface area contributed by atoms with Crippen LogP contribution >= 0.6 is 0 Å². The molecule has 1 aromatic carbocycles. The van der Waals surface area contributed by atoms with E-state index in [-0.39, 0.29) is 18.4 Å². The summed E-state index contributed by atoms with van der Waals surface area (Å²) in [6.45, 7) is 6.48. The molecular weight excluding hydrogens is 378 g/mol. The van der Waals surface area contributed by atoms with E-state index in [2.05, 4.69) is 16.8 Å². The van der Waals surface area contributed by atoms with Gasteiger partial charge in [-0.2, -0.15) is 0 Å². The quantitative estimate of drug-likeness (QED) is 0.689. The Balaban J connectivity index is 1.70. The lowest BCUT2D eigenvalue weighted by Gasteiger charge is -2.32. The van der Waals surface area contributed by atoms with Crippen LogP contribution in [0.5, 0.6) is 5.75 Å². The Kier molecular flexibility index (Phi) is 5.84. The van der Waals surface area contributed by atoms with Crippen molar-refractivity contribution in [3.05, 3.63) is 65.6 Å². The second-order valence-corrected chi connectivity index (χ2v) is 7.87. The van der Waals surface area contributed by atoms with Crippen LogP contribution in [-0.2, 0) is 16.1 Å². The van der Waals surface area contributed by atoms with Crippen LogP contribution in [0.4, 0.5) is 0 Å². The zero-order chi connectivity index (χ0) is 21.1. The topological polar surface area (TPSA) is 62.7 Å². The molecule has 4 rings (SSSR count). The summed E-state index contributed by atoms with van der Waals surface area (Å²) in [7, 11) is 0. The average Bonchev–Trinajstić information content (AvgIpc) is 3.01. The monoisotopic (exact) mass is 405 g/mol. The molecule has 0 saturated carbocycles. The molecule has 1 fully saturated rings. The molecular formula is C24H27N3O3. The molecule has 1 saturated heterocycles. The standard InChI is InChI=1S/C24H27N3O3/c1-3-30-20-9-7-18(8-10-20)21-22(26-14-11-17(2)12-15-26)24(29)27(23(21)28)16-19-6-4-5-13-25-19/h4-10,13,17H,3,11-12,14-16H2,1-2H3. The van der Waals surface area contributed by atoms with E-state index in [0.29, 0.717) is 29.5 Å². The Labute approximate surface area is 177 Å². The average molecular weight is 405 g/mol. The number of imide groups is 1. The van der Waals surface area contributed by atoms with E-state index in [1.54, 1.807) is 6.20 Å². The zero-order valence-corrected chi connectivity index (χ0v) is 17.5. The molecule has 0 spiro atoms. The van der Waals surface area contributed by atoms with Crippen molar-refractivity contribution in [1.82, 2.24) is 14.8 Å². The van der Waals surface area contributed by atoms with Gasteiger partial charge in [-0.25, -0.2) is 0 Å². The van der Waals surface area contributed by atoms with Gasteiger partial charge in [-0.3, -0.25) is 19.5 Å². The minimum absolute atomic E-state index is 0.173. The summed E-state index contributed by atoms with van der Waals surface area (Å²) in [6, 6.07) is 12.9. The maximum absolute atomic E-state index is 13.4. The number of carbonyl (C=O) groups is 2. The summed E-state index contributed by atoms with van der Waals surface area (Å²) in [5, 5.41) is 0. The van der Waals surface area contributed by atoms with Crippen molar-refractivity contribution in [1.29, 1.82) is 0 Å². The lowest BCUT2D eigenvalue weighted by molar-refractivity contribution is -0.138. The van der Waals surface area contributed by atoms with Gasteiger partial charge < -0.3 is 9.64 Å². The first kappa shape index (κ1) is 20.1. The van der Waals surface area contributed by atoms with Crippen LogP contribution in [0.1, 0.15) is 37.9 Å². The predicted octanol–water partition coefficient (Wildman–Crippen LogP) is 3.49. The first-order valence-electron chi connectivity index (χ1n) is 10.6. The van der Waals surface area contributed by atoms with Crippen LogP contribution < -0.4 is 4.74 Å². The number of nitrogens with zero attached hydrogens (tertiary/aromatic N) is 3. The Bertz CT molecular complexity index is 945. The fourth-order valence-electron chi connectivity index (χ4n) is 4.03. The summed E-state index contributed by atoms with van der Waals surface area (Å²) < 4.78 is 5.53. The summed E-state index contributed by atoms with van der Waals surface area (Å²) in [5.74, 6) is 0.887. The van der Waals surface area contributed by atoms with E-state index in [1.165, 1.54) is 4.90 Å². The maximum Gasteiger partial charge on any atom is 0.278 e. The predicted molar refractivity (Wildman–Crippen MR) is 114 cm³/mol. The minimum Gasteiger partial charge on any atom is -0.494 e. The lowest BCUT2D eigenvalue weighted by Crippen LogP contribution is -2.38. The highest BCUT2D eigenvalue weighted by molar-refractivity contribution is 6.35. The van der Waals surface area contributed by atoms with E-state index < -0.39 is 0 Å². The molecule has 0 unspecified atom stereocenters. The molecule has 0 atom stereocenters. The van der Waals surface area contributed by atoms with Crippen molar-refractivity contribution >= 4 is 17.4 Å². The number of pyridine rings is 1. The Morgan fingerprint density at radius 1 is 1.03 bits per heavy atom. The van der Waals surface area contributed by atoms with Gasteiger partial charge in [-0.1, -0.05) is 25.1 Å². The first-order chi connectivity index (χ1) is 14.6. The van der Waals surface area contributed by atoms with Gasteiger partial charge >= 0.3 is 0 Å². The molecule has 30 heavy (non-hydrogen) atoms. The van der Waals surface area contributed by atoms with Crippen molar-refractivity contribution < 1.29 is 14.3 Å². The third-order valence-corrected chi connectivity index (χ3v) is 5.74. The summed E-state index contributed by atoms with van der Waals surface area (Å²) in [5.41, 5.74) is 2.44. The number of hydrogen-bond acceptors (Lipinski definition) is 5. The van der Waals surface area contributed by atoms with Gasteiger partial charge in [-0.05, 0) is 55.5 Å². The van der Waals surface area contributed by atoms with E-state index in [1.807, 2.05) is 49.4 Å². The number of ether oxygens (including phenoxy) is 1. The highest BCUT2D eigenvalue weighted by atomic mass is 16.5. The molecule has 0 bridgehead atoms. The zero-order valence-electron chi connectivity index (χ0n) is 17.5.